The normalized spacial score (nSPS) is 11.1. The smallest absolute Gasteiger partial charge is 0.340 e. The number of carbonyl (C=O) groups is 1. The molecule has 28 heavy (non-hydrogen) atoms. The molecule has 2 aromatic carbocycles. The average molecular weight is 373 g/mol. The summed E-state index contributed by atoms with van der Waals surface area (Å²) in [6.45, 7) is 8.60. The maximum Gasteiger partial charge on any atom is 0.340 e. The van der Waals surface area contributed by atoms with Gasteiger partial charge in [-0.2, -0.15) is 0 Å². The quantitative estimate of drug-likeness (QED) is 0.563. The lowest BCUT2D eigenvalue weighted by molar-refractivity contribution is -0.132. The Morgan fingerprint density at radius 2 is 1.46 bits per heavy atom. The number of carboxylic acid groups (broad SMARTS) is 1. The Bertz CT molecular complexity index is 1230. The fourth-order valence-corrected chi connectivity index (χ4v) is 2.86. The molecule has 0 fully saturated rings. The Morgan fingerprint density at radius 1 is 0.964 bits per heavy atom. The molecule has 0 atom stereocenters. The molecular weight excluding hydrogens is 358 g/mol. The minimum Gasteiger partial charge on any atom is -0.486 e. The largest absolute Gasteiger partial charge is 0.486 e. The number of para-hydroxylation sites is 2. The van der Waals surface area contributed by atoms with Crippen LogP contribution in [0.25, 0.3) is 22.3 Å². The maximum atomic E-state index is 13.2. The van der Waals surface area contributed by atoms with Crippen molar-refractivity contribution in [2.45, 2.75) is 6.92 Å². The van der Waals surface area contributed by atoms with Crippen LogP contribution >= 0.6 is 0 Å². The van der Waals surface area contributed by atoms with Crippen LogP contribution in [-0.2, 0) is 4.79 Å². The summed E-state index contributed by atoms with van der Waals surface area (Å²) in [6.07, 6.45) is 1.01. The molecule has 0 amide bonds. The molecule has 3 aromatic rings. The third-order valence-corrected chi connectivity index (χ3v) is 4.19. The van der Waals surface area contributed by atoms with Crippen LogP contribution in [0, 0.1) is 13.5 Å². The van der Waals surface area contributed by atoms with Gasteiger partial charge in [-0.1, -0.05) is 36.4 Å². The van der Waals surface area contributed by atoms with Gasteiger partial charge in [-0.15, -0.1) is 0 Å². The highest BCUT2D eigenvalue weighted by molar-refractivity contribution is 5.94. The first-order valence-electron chi connectivity index (χ1n) is 8.27. The summed E-state index contributed by atoms with van der Waals surface area (Å²) < 4.78 is 2.29. The Labute approximate surface area is 159 Å². The number of aromatic nitrogens is 2. The molecular formula is C21H15N3O4. The number of carboxylic acids is 1. The Balaban J connectivity index is 2.48. The topological polar surface area (TPSA) is 85.7 Å². The van der Waals surface area contributed by atoms with Gasteiger partial charge in [-0.3, -0.25) is 14.2 Å². The van der Waals surface area contributed by atoms with Gasteiger partial charge in [0.2, 0.25) is 0 Å². The number of benzene rings is 2. The van der Waals surface area contributed by atoms with Crippen LogP contribution in [0.5, 0.6) is 0 Å². The van der Waals surface area contributed by atoms with Crippen molar-refractivity contribution in [3.05, 3.63) is 110 Å². The molecule has 138 valence electrons. The predicted octanol–water partition coefficient (Wildman–Crippen LogP) is 2.64. The van der Waals surface area contributed by atoms with Crippen LogP contribution in [0.2, 0.25) is 0 Å². The van der Waals surface area contributed by atoms with Crippen LogP contribution in [0.1, 0.15) is 11.3 Å². The van der Waals surface area contributed by atoms with Gasteiger partial charge < -0.3 is 5.11 Å². The Morgan fingerprint density at radius 3 is 1.93 bits per heavy atom. The Hall–Kier alpha value is -4.18. The zero-order chi connectivity index (χ0) is 20.3. The highest BCUT2D eigenvalue weighted by Gasteiger charge is 2.19. The van der Waals surface area contributed by atoms with Crippen molar-refractivity contribution in [3.8, 4) is 11.4 Å². The van der Waals surface area contributed by atoms with Crippen LogP contribution in [0.15, 0.2) is 75.9 Å². The molecule has 1 heterocycles. The van der Waals surface area contributed by atoms with E-state index in [0.29, 0.717) is 11.4 Å². The van der Waals surface area contributed by atoms with Crippen molar-refractivity contribution in [2.75, 3.05) is 0 Å². The van der Waals surface area contributed by atoms with Crippen molar-refractivity contribution >= 4 is 12.0 Å². The molecule has 0 radical (unpaired) electrons. The lowest BCUT2D eigenvalue weighted by atomic mass is 10.1. The van der Waals surface area contributed by atoms with Gasteiger partial charge in [-0.05, 0) is 37.3 Å². The summed E-state index contributed by atoms with van der Waals surface area (Å²) in [5.74, 6) is -1.45. The van der Waals surface area contributed by atoms with Gasteiger partial charge in [0.25, 0.3) is 11.3 Å². The number of hydrogen-bond donors (Lipinski definition) is 1. The van der Waals surface area contributed by atoms with Crippen molar-refractivity contribution in [1.82, 2.24) is 9.13 Å². The summed E-state index contributed by atoms with van der Waals surface area (Å²) in [6, 6.07) is 17.0. The van der Waals surface area contributed by atoms with E-state index < -0.39 is 22.9 Å². The van der Waals surface area contributed by atoms with E-state index in [2.05, 4.69) is 4.85 Å². The first-order valence-corrected chi connectivity index (χ1v) is 8.27. The van der Waals surface area contributed by atoms with Crippen LogP contribution < -0.4 is 11.2 Å². The molecule has 0 saturated heterocycles. The molecule has 0 aliphatic heterocycles. The highest BCUT2D eigenvalue weighted by atomic mass is 16.4. The van der Waals surface area contributed by atoms with Gasteiger partial charge in [0.05, 0.1) is 23.5 Å². The molecule has 0 saturated carbocycles. The zero-order valence-corrected chi connectivity index (χ0v) is 14.9. The van der Waals surface area contributed by atoms with E-state index in [1.54, 1.807) is 67.6 Å². The van der Waals surface area contributed by atoms with Gasteiger partial charge in [0, 0.05) is 5.69 Å². The number of hydrogen-bond acceptors (Lipinski definition) is 3. The predicted molar refractivity (Wildman–Crippen MR) is 105 cm³/mol. The molecule has 0 bridgehead atoms. The average Bonchev–Trinajstić information content (AvgIpc) is 2.69. The van der Waals surface area contributed by atoms with E-state index in [0.717, 1.165) is 10.6 Å². The summed E-state index contributed by atoms with van der Waals surface area (Å²) >= 11 is 0. The minimum absolute atomic E-state index is 0.0410. The molecule has 7 heteroatoms. The molecule has 0 aliphatic rings. The van der Waals surface area contributed by atoms with E-state index in [1.807, 2.05) is 0 Å². The Kier molecular flexibility index (Phi) is 5.05. The molecule has 3 rings (SSSR count). The zero-order valence-electron chi connectivity index (χ0n) is 14.9. The standard InChI is InChI=1S/C21H15N3O4/c1-14-17(13-18(22-2)20(26)27)19(25)24(16-11-7-4-8-12-16)21(28)23(14)15-9-5-3-6-10-15/h3-13H,1H3,(H,26,27)/b18-13-. The monoisotopic (exact) mass is 373 g/mol. The molecule has 0 aliphatic carbocycles. The van der Waals surface area contributed by atoms with Crippen molar-refractivity contribution in [1.29, 1.82) is 0 Å². The van der Waals surface area contributed by atoms with Crippen molar-refractivity contribution in [2.24, 2.45) is 0 Å². The molecule has 0 spiro atoms. The van der Waals surface area contributed by atoms with E-state index in [9.17, 15) is 19.5 Å². The minimum atomic E-state index is -1.45. The first-order chi connectivity index (χ1) is 13.5. The lowest BCUT2D eigenvalue weighted by Crippen LogP contribution is -2.40. The van der Waals surface area contributed by atoms with E-state index in [4.69, 9.17) is 6.57 Å². The maximum absolute atomic E-state index is 13.2. The number of rotatable bonds is 4. The van der Waals surface area contributed by atoms with Gasteiger partial charge in [0.15, 0.2) is 0 Å². The third-order valence-electron chi connectivity index (χ3n) is 4.19. The van der Waals surface area contributed by atoms with Crippen LogP contribution in [0.3, 0.4) is 0 Å². The second-order valence-corrected chi connectivity index (χ2v) is 5.88. The fourth-order valence-electron chi connectivity index (χ4n) is 2.86. The second-order valence-electron chi connectivity index (χ2n) is 5.88. The highest BCUT2D eigenvalue weighted by Crippen LogP contribution is 2.14. The fraction of sp³-hybridized carbons (Fsp3) is 0.0476. The number of nitrogens with zero attached hydrogens (tertiary/aromatic N) is 3. The van der Waals surface area contributed by atoms with Crippen molar-refractivity contribution in [3.63, 3.8) is 0 Å². The van der Waals surface area contributed by atoms with Crippen LogP contribution in [0.4, 0.5) is 0 Å². The molecule has 1 N–H and O–H groups in total. The van der Waals surface area contributed by atoms with Crippen LogP contribution in [-0.4, -0.2) is 20.2 Å². The number of aliphatic carboxylic acids is 1. The molecule has 7 nitrogen and oxygen atoms in total. The summed E-state index contributed by atoms with van der Waals surface area (Å²) in [4.78, 5) is 40.5. The van der Waals surface area contributed by atoms with Gasteiger partial charge in [-0.25, -0.2) is 14.2 Å². The summed E-state index contributed by atoms with van der Waals surface area (Å²) in [5.41, 5.74) is -0.824. The van der Waals surface area contributed by atoms with E-state index >= 15 is 0 Å². The molecule has 1 aromatic heterocycles. The lowest BCUT2D eigenvalue weighted by Gasteiger charge is -2.16. The second kappa shape index (κ2) is 7.60. The van der Waals surface area contributed by atoms with E-state index in [-0.39, 0.29) is 11.3 Å². The van der Waals surface area contributed by atoms with Gasteiger partial charge in [0.1, 0.15) is 0 Å². The van der Waals surface area contributed by atoms with E-state index in [1.165, 1.54) is 4.57 Å². The van der Waals surface area contributed by atoms with Crippen molar-refractivity contribution < 1.29 is 9.90 Å². The van der Waals surface area contributed by atoms with Gasteiger partial charge >= 0.3 is 11.7 Å². The summed E-state index contributed by atoms with van der Waals surface area (Å²) in [7, 11) is 0. The molecule has 0 unspecified atom stereocenters. The SMILES string of the molecule is [C-]#[N+]/C(=C\c1c(C)n(-c2ccccc2)c(=O)n(-c2ccccc2)c1=O)C(=O)O. The third kappa shape index (κ3) is 3.27. The summed E-state index contributed by atoms with van der Waals surface area (Å²) in [5, 5.41) is 9.18. The first kappa shape index (κ1) is 18.6.